The highest BCUT2D eigenvalue weighted by atomic mass is 16.5. The molecule has 2 fully saturated rings. The monoisotopic (exact) mass is 342 g/mol. The third kappa shape index (κ3) is 3.70. The van der Waals surface area contributed by atoms with Crippen LogP contribution < -0.4 is 4.74 Å². The van der Waals surface area contributed by atoms with Crippen molar-refractivity contribution < 1.29 is 9.47 Å². The SMILES string of the molecule is Cn1cc(CN2CC[C@H]3OCCC[C@]3(COc3cccnc3)C2)cn1. The van der Waals surface area contributed by atoms with E-state index in [1.165, 1.54) is 5.56 Å². The number of aryl methyl sites for hydroxylation is 1. The summed E-state index contributed by atoms with van der Waals surface area (Å²) in [6.07, 6.45) is 11.2. The Kier molecular flexibility index (Phi) is 4.72. The van der Waals surface area contributed by atoms with Crippen LogP contribution in [0.1, 0.15) is 24.8 Å². The number of pyridine rings is 1. The number of piperidine rings is 1. The van der Waals surface area contributed by atoms with E-state index in [-0.39, 0.29) is 5.41 Å². The van der Waals surface area contributed by atoms with E-state index in [2.05, 4.69) is 21.2 Å². The Hall–Kier alpha value is -1.92. The first-order valence-corrected chi connectivity index (χ1v) is 9.08. The van der Waals surface area contributed by atoms with Crippen molar-refractivity contribution in [1.29, 1.82) is 0 Å². The van der Waals surface area contributed by atoms with Crippen LogP contribution in [-0.4, -0.2) is 52.1 Å². The van der Waals surface area contributed by atoms with E-state index in [0.29, 0.717) is 12.7 Å². The average molecular weight is 342 g/mol. The molecule has 6 nitrogen and oxygen atoms in total. The number of fused-ring (bicyclic) bond motifs is 1. The molecule has 0 unspecified atom stereocenters. The summed E-state index contributed by atoms with van der Waals surface area (Å²) >= 11 is 0. The number of hydrogen-bond donors (Lipinski definition) is 0. The molecule has 2 aliphatic heterocycles. The van der Waals surface area contributed by atoms with E-state index in [4.69, 9.17) is 9.47 Å². The Labute approximate surface area is 148 Å². The molecular formula is C19H26N4O2. The van der Waals surface area contributed by atoms with Gasteiger partial charge in [-0.15, -0.1) is 0 Å². The minimum absolute atomic E-state index is 0.0640. The van der Waals surface area contributed by atoms with Gasteiger partial charge in [0.05, 0.1) is 25.1 Å². The molecule has 0 amide bonds. The number of aromatic nitrogens is 3. The molecule has 2 atom stereocenters. The molecule has 134 valence electrons. The maximum Gasteiger partial charge on any atom is 0.137 e. The van der Waals surface area contributed by atoms with Crippen molar-refractivity contribution in [3.63, 3.8) is 0 Å². The zero-order valence-corrected chi connectivity index (χ0v) is 14.8. The first-order chi connectivity index (χ1) is 12.2. The Morgan fingerprint density at radius 1 is 1.40 bits per heavy atom. The second-order valence-corrected chi connectivity index (χ2v) is 7.32. The molecule has 2 aliphatic rings. The first kappa shape index (κ1) is 16.5. The maximum absolute atomic E-state index is 6.14. The summed E-state index contributed by atoms with van der Waals surface area (Å²) < 4.78 is 14.1. The Morgan fingerprint density at radius 3 is 3.16 bits per heavy atom. The molecule has 2 aromatic rings. The van der Waals surface area contributed by atoms with Crippen LogP contribution in [0.25, 0.3) is 0 Å². The van der Waals surface area contributed by atoms with Crippen LogP contribution in [0.5, 0.6) is 5.75 Å². The van der Waals surface area contributed by atoms with Crippen LogP contribution in [0.2, 0.25) is 0 Å². The lowest BCUT2D eigenvalue weighted by Gasteiger charge is -2.50. The molecule has 0 bridgehead atoms. The van der Waals surface area contributed by atoms with Crippen LogP contribution in [0, 0.1) is 5.41 Å². The molecule has 0 saturated carbocycles. The third-order valence-corrected chi connectivity index (χ3v) is 5.39. The third-order valence-electron chi connectivity index (χ3n) is 5.39. The molecule has 4 rings (SSSR count). The van der Waals surface area contributed by atoms with Gasteiger partial charge in [0.25, 0.3) is 0 Å². The largest absolute Gasteiger partial charge is 0.491 e. The van der Waals surface area contributed by atoms with Crippen LogP contribution in [0.15, 0.2) is 36.9 Å². The Bertz CT molecular complexity index is 690. The number of likely N-dealkylation sites (tertiary alicyclic amines) is 1. The number of hydrogen-bond acceptors (Lipinski definition) is 5. The van der Waals surface area contributed by atoms with Gasteiger partial charge in [0.15, 0.2) is 0 Å². The normalized spacial score (nSPS) is 27.0. The van der Waals surface area contributed by atoms with Crippen molar-refractivity contribution in [2.24, 2.45) is 12.5 Å². The molecule has 0 aromatic carbocycles. The van der Waals surface area contributed by atoms with Crippen LogP contribution in [-0.2, 0) is 18.3 Å². The van der Waals surface area contributed by atoms with Gasteiger partial charge in [0.2, 0.25) is 0 Å². The van der Waals surface area contributed by atoms with Gasteiger partial charge < -0.3 is 9.47 Å². The topological polar surface area (TPSA) is 52.4 Å². The van der Waals surface area contributed by atoms with E-state index >= 15 is 0 Å². The highest BCUT2D eigenvalue weighted by Gasteiger charge is 2.46. The first-order valence-electron chi connectivity index (χ1n) is 9.08. The number of ether oxygens (including phenoxy) is 2. The van der Waals surface area contributed by atoms with Crippen molar-refractivity contribution in [2.45, 2.75) is 31.9 Å². The van der Waals surface area contributed by atoms with Gasteiger partial charge in [0.1, 0.15) is 5.75 Å². The van der Waals surface area contributed by atoms with Crippen molar-refractivity contribution >= 4 is 0 Å². The van der Waals surface area contributed by atoms with Gasteiger partial charge in [-0.25, -0.2) is 0 Å². The molecule has 2 saturated heterocycles. The lowest BCUT2D eigenvalue weighted by atomic mass is 9.73. The van der Waals surface area contributed by atoms with Gasteiger partial charge in [-0.05, 0) is 31.4 Å². The summed E-state index contributed by atoms with van der Waals surface area (Å²) in [4.78, 5) is 6.67. The van der Waals surface area contributed by atoms with Crippen LogP contribution in [0.4, 0.5) is 0 Å². The van der Waals surface area contributed by atoms with Gasteiger partial charge >= 0.3 is 0 Å². The average Bonchev–Trinajstić information content (AvgIpc) is 3.05. The maximum atomic E-state index is 6.14. The number of nitrogens with zero attached hydrogens (tertiary/aromatic N) is 4. The summed E-state index contributed by atoms with van der Waals surface area (Å²) in [5, 5.41) is 4.29. The fourth-order valence-electron chi connectivity index (χ4n) is 4.20. The lowest BCUT2D eigenvalue weighted by molar-refractivity contribution is -0.140. The van der Waals surface area contributed by atoms with Gasteiger partial charge in [-0.3, -0.25) is 14.6 Å². The van der Waals surface area contributed by atoms with Crippen LogP contribution >= 0.6 is 0 Å². The second-order valence-electron chi connectivity index (χ2n) is 7.32. The molecule has 0 radical (unpaired) electrons. The molecule has 2 aromatic heterocycles. The zero-order chi connectivity index (χ0) is 17.1. The summed E-state index contributed by atoms with van der Waals surface area (Å²) in [6.45, 7) is 4.57. The molecule has 25 heavy (non-hydrogen) atoms. The predicted molar refractivity (Wildman–Crippen MR) is 94.2 cm³/mol. The van der Waals surface area contributed by atoms with E-state index in [1.54, 1.807) is 12.4 Å². The van der Waals surface area contributed by atoms with Crippen LogP contribution in [0.3, 0.4) is 0 Å². The zero-order valence-electron chi connectivity index (χ0n) is 14.8. The summed E-state index contributed by atoms with van der Waals surface area (Å²) in [7, 11) is 1.97. The number of rotatable bonds is 5. The molecule has 0 spiro atoms. The predicted octanol–water partition coefficient (Wildman–Crippen LogP) is 2.27. The molecule has 0 N–H and O–H groups in total. The molecule has 4 heterocycles. The summed E-state index contributed by atoms with van der Waals surface area (Å²) in [5.74, 6) is 0.839. The fraction of sp³-hybridized carbons (Fsp3) is 0.579. The Balaban J connectivity index is 1.46. The highest BCUT2D eigenvalue weighted by molar-refractivity contribution is 5.16. The molecule has 0 aliphatic carbocycles. The standard InChI is InChI=1S/C19H26N4O2/c1-22-12-16(10-21-22)13-23-8-5-18-19(14-23,6-3-9-24-18)15-25-17-4-2-7-20-11-17/h2,4,7,10-12,18H,3,5-6,8-9,13-15H2,1H3/t18-,19-/m1/s1. The van der Waals surface area contributed by atoms with E-state index < -0.39 is 0 Å². The minimum Gasteiger partial charge on any atom is -0.491 e. The van der Waals surface area contributed by atoms with Crippen molar-refractivity contribution in [1.82, 2.24) is 19.7 Å². The highest BCUT2D eigenvalue weighted by Crippen LogP contribution is 2.41. The molecule has 6 heteroatoms. The fourth-order valence-corrected chi connectivity index (χ4v) is 4.20. The van der Waals surface area contributed by atoms with Crippen molar-refractivity contribution in [3.05, 3.63) is 42.5 Å². The molecular weight excluding hydrogens is 316 g/mol. The quantitative estimate of drug-likeness (QED) is 0.834. The smallest absolute Gasteiger partial charge is 0.137 e. The van der Waals surface area contributed by atoms with Crippen molar-refractivity contribution in [3.8, 4) is 5.75 Å². The second kappa shape index (κ2) is 7.14. The summed E-state index contributed by atoms with van der Waals surface area (Å²) in [5.41, 5.74) is 1.33. The van der Waals surface area contributed by atoms with Crippen molar-refractivity contribution in [2.75, 3.05) is 26.3 Å². The van der Waals surface area contributed by atoms with E-state index in [0.717, 1.165) is 51.3 Å². The van der Waals surface area contributed by atoms with Gasteiger partial charge in [-0.2, -0.15) is 5.10 Å². The van der Waals surface area contributed by atoms with E-state index in [1.807, 2.05) is 30.1 Å². The van der Waals surface area contributed by atoms with E-state index in [9.17, 15) is 0 Å². The van der Waals surface area contributed by atoms with Gasteiger partial charge in [-0.1, -0.05) is 0 Å². The summed E-state index contributed by atoms with van der Waals surface area (Å²) in [6, 6.07) is 3.88. The minimum atomic E-state index is 0.0640. The van der Waals surface area contributed by atoms with Gasteiger partial charge in [0, 0.05) is 56.7 Å². The Morgan fingerprint density at radius 2 is 2.36 bits per heavy atom. The lowest BCUT2D eigenvalue weighted by Crippen LogP contribution is -2.57.